The molecule has 0 radical (unpaired) electrons. The van der Waals surface area contributed by atoms with Gasteiger partial charge in [-0.05, 0) is 50.2 Å². The Labute approximate surface area is 238 Å². The number of carbonyl (C=O) groups is 2. The van der Waals surface area contributed by atoms with Crippen molar-refractivity contribution in [2.24, 2.45) is 11.1 Å². The number of piperidine rings is 1. The van der Waals surface area contributed by atoms with Crippen LogP contribution in [0.5, 0.6) is 11.5 Å². The second-order valence-corrected chi connectivity index (χ2v) is 11.9. The zero-order valence-corrected chi connectivity index (χ0v) is 24.3. The number of phenolic OH excluding ortho intramolecular Hbond substituents is 1. The number of cyclic esters (lactones) is 1. The average Bonchev–Trinajstić information content (AvgIpc) is 2.89. The van der Waals surface area contributed by atoms with Gasteiger partial charge >= 0.3 is 13.6 Å². The Hall–Kier alpha value is -2.85. The first-order valence-electron chi connectivity index (χ1n) is 13.2. The highest BCUT2D eigenvalue weighted by Gasteiger charge is 2.28. The summed E-state index contributed by atoms with van der Waals surface area (Å²) in [6.45, 7) is 4.81. The van der Waals surface area contributed by atoms with Crippen molar-refractivity contribution < 1.29 is 43.4 Å². The molecule has 0 spiro atoms. The average molecular weight is 599 g/mol. The van der Waals surface area contributed by atoms with Crippen molar-refractivity contribution in [3.63, 3.8) is 0 Å². The number of aromatic hydroxyl groups is 1. The third-order valence-electron chi connectivity index (χ3n) is 6.39. The molecule has 1 saturated heterocycles. The topological polar surface area (TPSA) is 155 Å². The lowest BCUT2D eigenvalue weighted by Gasteiger charge is -2.26. The molecule has 0 bridgehead atoms. The molecule has 1 aromatic rings. The Kier molecular flexibility index (Phi) is 11.6. The third kappa shape index (κ3) is 9.66. The zero-order valence-electron chi connectivity index (χ0n) is 22.6. The van der Waals surface area contributed by atoms with Crippen LogP contribution in [0.4, 0.5) is 0 Å². The van der Waals surface area contributed by atoms with Crippen LogP contribution in [0.25, 0.3) is 0 Å². The summed E-state index contributed by atoms with van der Waals surface area (Å²) in [5.74, 6) is -1.64. The number of phenols is 1. The number of benzene rings is 1. The summed E-state index contributed by atoms with van der Waals surface area (Å²) in [7, 11) is -4.63. The predicted octanol–water partition coefficient (Wildman–Crippen LogP) is 4.57. The number of amides is 1. The van der Waals surface area contributed by atoms with Crippen LogP contribution >= 0.6 is 19.2 Å². The monoisotopic (exact) mass is 598 g/mol. The van der Waals surface area contributed by atoms with E-state index in [0.29, 0.717) is 25.9 Å². The van der Waals surface area contributed by atoms with E-state index in [9.17, 15) is 29.0 Å². The van der Waals surface area contributed by atoms with Crippen LogP contribution in [0.15, 0.2) is 35.5 Å². The summed E-state index contributed by atoms with van der Waals surface area (Å²) >= 11 is 6.44. The van der Waals surface area contributed by atoms with Gasteiger partial charge in [-0.2, -0.15) is 0 Å². The summed E-state index contributed by atoms with van der Waals surface area (Å²) in [4.78, 5) is 51.7. The van der Waals surface area contributed by atoms with Gasteiger partial charge in [0.2, 0.25) is 0 Å². The van der Waals surface area contributed by atoms with E-state index in [1.807, 2.05) is 25.2 Å². The standard InChI is InChI=1S/C27H36ClN2O9P/c1-18-8-6-10-19(2)39-27(33)25-21(26(28)22(31)15-23(25)37-17-40(34,35)36)14-20(11-7-9-18)29-38-16-24(32)30-12-4-3-5-13-30/h6-8,11,15,18-19,31H,3-5,9-10,12-14,16-17H2,1-2H3,(H2,34,35,36)/b8-6+,11-7+,29-20+/t18-,19+/m0/s1. The minimum absolute atomic E-state index is 0.0644. The predicted molar refractivity (Wildman–Crippen MR) is 150 cm³/mol. The molecule has 0 aromatic heterocycles. The number of ether oxygens (including phenoxy) is 2. The second-order valence-electron chi connectivity index (χ2n) is 9.97. The lowest BCUT2D eigenvalue weighted by Crippen LogP contribution is -2.37. The van der Waals surface area contributed by atoms with E-state index in [1.54, 1.807) is 17.9 Å². The number of carbonyl (C=O) groups excluding carboxylic acids is 2. The molecule has 2 atom stereocenters. The van der Waals surface area contributed by atoms with Gasteiger partial charge < -0.3 is 34.1 Å². The zero-order chi connectivity index (χ0) is 29.3. The number of nitrogens with zero attached hydrogens (tertiary/aromatic N) is 2. The lowest BCUT2D eigenvalue weighted by atomic mass is 9.98. The highest BCUT2D eigenvalue weighted by Crippen LogP contribution is 2.41. The molecule has 1 aromatic carbocycles. The first kappa shape index (κ1) is 31.7. The molecule has 0 aliphatic carbocycles. The fraction of sp³-hybridized carbons (Fsp3) is 0.519. The number of allylic oxidation sites excluding steroid dienone is 3. The summed E-state index contributed by atoms with van der Waals surface area (Å²) in [6.07, 6.45) is 9.80. The van der Waals surface area contributed by atoms with Crippen molar-refractivity contribution in [3.8, 4) is 11.5 Å². The van der Waals surface area contributed by atoms with E-state index in [-0.39, 0.29) is 52.5 Å². The van der Waals surface area contributed by atoms with Crippen LogP contribution in [-0.2, 0) is 25.4 Å². The molecule has 220 valence electrons. The maximum Gasteiger partial charge on any atom is 0.362 e. The van der Waals surface area contributed by atoms with Crippen molar-refractivity contribution in [2.45, 2.75) is 58.5 Å². The highest BCUT2D eigenvalue weighted by molar-refractivity contribution is 7.51. The molecular formula is C27H36ClN2O9P. The van der Waals surface area contributed by atoms with Gasteiger partial charge in [0.25, 0.3) is 5.91 Å². The quantitative estimate of drug-likeness (QED) is 0.185. The second kappa shape index (κ2) is 14.7. The molecule has 2 aliphatic heterocycles. The molecule has 3 N–H and O–H groups in total. The van der Waals surface area contributed by atoms with Crippen LogP contribution in [0.2, 0.25) is 5.02 Å². The molecule has 13 heteroatoms. The minimum Gasteiger partial charge on any atom is -0.506 e. The number of oxime groups is 1. The first-order chi connectivity index (χ1) is 18.9. The van der Waals surface area contributed by atoms with E-state index < -0.39 is 31.8 Å². The smallest absolute Gasteiger partial charge is 0.362 e. The molecule has 0 saturated carbocycles. The van der Waals surface area contributed by atoms with Crippen molar-refractivity contribution >= 4 is 36.8 Å². The van der Waals surface area contributed by atoms with Crippen molar-refractivity contribution in [1.82, 2.24) is 4.90 Å². The maximum absolute atomic E-state index is 13.3. The van der Waals surface area contributed by atoms with Crippen molar-refractivity contribution in [2.75, 3.05) is 26.0 Å². The van der Waals surface area contributed by atoms with Crippen LogP contribution < -0.4 is 4.74 Å². The highest BCUT2D eigenvalue weighted by atomic mass is 35.5. The van der Waals surface area contributed by atoms with Crippen LogP contribution in [0, 0.1) is 5.92 Å². The third-order valence-corrected chi connectivity index (χ3v) is 7.28. The Morgan fingerprint density at radius 3 is 2.62 bits per heavy atom. The summed E-state index contributed by atoms with van der Waals surface area (Å²) in [5, 5.41) is 14.5. The van der Waals surface area contributed by atoms with E-state index in [4.69, 9.17) is 25.9 Å². The number of halogens is 1. The molecule has 0 unspecified atom stereocenters. The SMILES string of the molecule is C[C@@H]1C/C=C/[C@H](C)C/C=C/C(=N\OCC(=O)N2CCCCC2)Cc2c(Cl)c(O)cc(OCP(=O)(O)O)c2C(=O)O1. The molecule has 11 nitrogen and oxygen atoms in total. The molecule has 2 aliphatic rings. The summed E-state index contributed by atoms with van der Waals surface area (Å²) in [5.41, 5.74) is 0.146. The Morgan fingerprint density at radius 1 is 1.20 bits per heavy atom. The lowest BCUT2D eigenvalue weighted by molar-refractivity contribution is -0.137. The number of likely N-dealkylation sites (tertiary alicyclic amines) is 1. The molecule has 2 heterocycles. The van der Waals surface area contributed by atoms with Gasteiger partial charge in [-0.15, -0.1) is 0 Å². The van der Waals surface area contributed by atoms with E-state index in [1.165, 1.54) is 0 Å². The molecule has 40 heavy (non-hydrogen) atoms. The minimum atomic E-state index is -4.63. The Bertz CT molecular complexity index is 1200. The summed E-state index contributed by atoms with van der Waals surface area (Å²) in [6, 6.07) is 1.01. The van der Waals surface area contributed by atoms with Gasteiger partial charge in [-0.25, -0.2) is 4.79 Å². The largest absolute Gasteiger partial charge is 0.506 e. The normalized spacial score (nSPS) is 23.5. The Morgan fingerprint density at radius 2 is 1.93 bits per heavy atom. The van der Waals surface area contributed by atoms with Crippen molar-refractivity contribution in [1.29, 1.82) is 0 Å². The number of fused-ring (bicyclic) bond motifs is 1. The fourth-order valence-corrected chi connectivity index (χ4v) is 4.85. The van der Waals surface area contributed by atoms with Crippen LogP contribution in [-0.4, -0.2) is 69.5 Å². The van der Waals surface area contributed by atoms with Gasteiger partial charge in [-0.3, -0.25) is 9.36 Å². The molecular weight excluding hydrogens is 563 g/mol. The van der Waals surface area contributed by atoms with Gasteiger partial charge in [0.05, 0.1) is 10.7 Å². The number of hydrogen-bond donors (Lipinski definition) is 3. The first-order valence-corrected chi connectivity index (χ1v) is 15.3. The number of hydrogen-bond acceptors (Lipinski definition) is 8. The van der Waals surface area contributed by atoms with Gasteiger partial charge in [0.15, 0.2) is 13.0 Å². The number of rotatable bonds is 6. The van der Waals surface area contributed by atoms with Crippen LogP contribution in [0.1, 0.15) is 61.9 Å². The van der Waals surface area contributed by atoms with Crippen molar-refractivity contribution in [3.05, 3.63) is 46.5 Å². The number of esters is 1. The molecule has 1 amide bonds. The molecule has 1 fully saturated rings. The van der Waals surface area contributed by atoms with Crippen LogP contribution in [0.3, 0.4) is 0 Å². The summed E-state index contributed by atoms with van der Waals surface area (Å²) < 4.78 is 22.4. The van der Waals surface area contributed by atoms with Gasteiger partial charge in [0.1, 0.15) is 23.2 Å². The van der Waals surface area contributed by atoms with E-state index in [2.05, 4.69) is 5.16 Å². The van der Waals surface area contributed by atoms with Gasteiger partial charge in [-0.1, -0.05) is 41.9 Å². The fourth-order valence-electron chi connectivity index (χ4n) is 4.33. The van der Waals surface area contributed by atoms with E-state index in [0.717, 1.165) is 25.3 Å². The van der Waals surface area contributed by atoms with E-state index >= 15 is 0 Å². The maximum atomic E-state index is 13.3. The van der Waals surface area contributed by atoms with Gasteiger partial charge in [0, 0.05) is 32.0 Å². The molecule has 3 rings (SSSR count). The Balaban J connectivity index is 2.00.